The van der Waals surface area contributed by atoms with Crippen molar-refractivity contribution in [1.29, 1.82) is 0 Å². The first-order valence-corrected chi connectivity index (χ1v) is 14.8. The number of amides is 2. The maximum Gasteiger partial charge on any atom is 0.253 e. The fourth-order valence-electron chi connectivity index (χ4n) is 4.59. The van der Waals surface area contributed by atoms with Crippen molar-refractivity contribution in [2.24, 2.45) is 12.1 Å². The number of hydrogen-bond acceptors (Lipinski definition) is 9. The predicted octanol–water partition coefficient (Wildman–Crippen LogP) is 4.22. The van der Waals surface area contributed by atoms with Gasteiger partial charge in [-0.15, -0.1) is 21.5 Å². The number of thioether (sulfide) groups is 1. The van der Waals surface area contributed by atoms with E-state index in [1.807, 2.05) is 73.1 Å². The third kappa shape index (κ3) is 6.44. The minimum Gasteiger partial charge on any atom is -0.493 e. The van der Waals surface area contributed by atoms with Gasteiger partial charge in [0.15, 0.2) is 22.5 Å². The van der Waals surface area contributed by atoms with E-state index in [2.05, 4.69) is 15.5 Å². The molecule has 10 nitrogen and oxygen atoms in total. The van der Waals surface area contributed by atoms with Crippen LogP contribution in [0.25, 0.3) is 0 Å². The Morgan fingerprint density at radius 2 is 1.88 bits per heavy atom. The fraction of sp³-hybridized carbons (Fsp3) is 0.276. The van der Waals surface area contributed by atoms with Crippen molar-refractivity contribution in [3.05, 3.63) is 87.9 Å². The second kappa shape index (κ2) is 13.0. The predicted molar refractivity (Wildman–Crippen MR) is 158 cm³/mol. The summed E-state index contributed by atoms with van der Waals surface area (Å²) in [6.07, 6.45) is 0.842. The summed E-state index contributed by atoms with van der Waals surface area (Å²) in [5.74, 6) is 1.61. The van der Waals surface area contributed by atoms with Gasteiger partial charge in [-0.25, -0.2) is 5.01 Å². The molecule has 1 atom stereocenters. The molecule has 0 bridgehead atoms. The summed E-state index contributed by atoms with van der Waals surface area (Å²) in [4.78, 5) is 27.0. The van der Waals surface area contributed by atoms with Gasteiger partial charge >= 0.3 is 0 Å². The number of methoxy groups -OCH3 is 2. The molecule has 2 aromatic heterocycles. The van der Waals surface area contributed by atoms with E-state index >= 15 is 0 Å². The van der Waals surface area contributed by atoms with E-state index in [0.717, 1.165) is 21.7 Å². The lowest BCUT2D eigenvalue weighted by atomic mass is 9.99. The van der Waals surface area contributed by atoms with Crippen molar-refractivity contribution in [3.8, 4) is 11.5 Å². The first-order chi connectivity index (χ1) is 20.0. The monoisotopic (exact) mass is 590 g/mol. The molecular weight excluding hydrogens is 560 g/mol. The highest BCUT2D eigenvalue weighted by Gasteiger charge is 2.36. The van der Waals surface area contributed by atoms with Crippen molar-refractivity contribution in [2.75, 3.05) is 20.0 Å². The van der Waals surface area contributed by atoms with Gasteiger partial charge < -0.3 is 19.4 Å². The third-order valence-corrected chi connectivity index (χ3v) is 8.59. The maximum atomic E-state index is 13.6. The lowest BCUT2D eigenvalue weighted by molar-refractivity contribution is -0.130. The fourth-order valence-corrected chi connectivity index (χ4v) is 6.09. The Balaban J connectivity index is 1.27. The average molecular weight is 591 g/mol. The summed E-state index contributed by atoms with van der Waals surface area (Å²) in [6.45, 7) is 0.238. The molecule has 2 amide bonds. The zero-order valence-corrected chi connectivity index (χ0v) is 24.6. The van der Waals surface area contributed by atoms with Crippen LogP contribution in [-0.4, -0.2) is 57.3 Å². The van der Waals surface area contributed by atoms with Crippen molar-refractivity contribution in [2.45, 2.75) is 30.6 Å². The molecule has 0 saturated carbocycles. The highest BCUT2D eigenvalue weighted by molar-refractivity contribution is 7.99. The summed E-state index contributed by atoms with van der Waals surface area (Å²) in [5.41, 5.74) is 2.61. The number of nitrogens with one attached hydrogen (secondary N) is 1. The van der Waals surface area contributed by atoms with Crippen molar-refractivity contribution < 1.29 is 19.1 Å². The summed E-state index contributed by atoms with van der Waals surface area (Å²) in [7, 11) is 5.00. The van der Waals surface area contributed by atoms with Gasteiger partial charge in [0.2, 0.25) is 5.91 Å². The number of benzene rings is 2. The van der Waals surface area contributed by atoms with Gasteiger partial charge in [0, 0.05) is 19.0 Å². The number of nitrogens with zero attached hydrogens (tertiary/aromatic N) is 5. The Kier molecular flexibility index (Phi) is 9.00. The molecule has 212 valence electrons. The Morgan fingerprint density at radius 1 is 1.05 bits per heavy atom. The Hall–Kier alpha value is -4.16. The van der Waals surface area contributed by atoms with E-state index in [0.29, 0.717) is 28.9 Å². The Morgan fingerprint density at radius 3 is 2.61 bits per heavy atom. The van der Waals surface area contributed by atoms with E-state index in [4.69, 9.17) is 14.6 Å². The summed E-state index contributed by atoms with van der Waals surface area (Å²) >= 11 is 2.87. The van der Waals surface area contributed by atoms with Gasteiger partial charge in [-0.1, -0.05) is 60.3 Å². The average Bonchev–Trinajstić information content (AvgIpc) is 3.75. The first kappa shape index (κ1) is 28.4. The highest BCUT2D eigenvalue weighted by atomic mass is 32.2. The molecule has 4 aromatic rings. The van der Waals surface area contributed by atoms with E-state index in [9.17, 15) is 9.59 Å². The van der Waals surface area contributed by atoms with Crippen LogP contribution in [0.15, 0.2) is 76.3 Å². The number of para-hydroxylation sites is 1. The smallest absolute Gasteiger partial charge is 0.253 e. The topological polar surface area (TPSA) is 111 Å². The molecule has 0 unspecified atom stereocenters. The van der Waals surface area contributed by atoms with E-state index in [-0.39, 0.29) is 36.6 Å². The molecular formula is C29H30N6O4S2. The van der Waals surface area contributed by atoms with Crippen LogP contribution in [0, 0.1) is 0 Å². The second-order valence-electron chi connectivity index (χ2n) is 9.25. The molecule has 0 fully saturated rings. The lowest BCUT2D eigenvalue weighted by Gasteiger charge is -2.24. The highest BCUT2D eigenvalue weighted by Crippen LogP contribution is 2.42. The van der Waals surface area contributed by atoms with Crippen molar-refractivity contribution >= 4 is 40.6 Å². The molecule has 1 N–H and O–H groups in total. The number of thiophene rings is 1. The molecule has 41 heavy (non-hydrogen) atoms. The Bertz CT molecular complexity index is 1540. The maximum absolute atomic E-state index is 13.6. The van der Waals surface area contributed by atoms with Gasteiger partial charge in [-0.2, -0.15) is 5.10 Å². The van der Waals surface area contributed by atoms with Crippen LogP contribution >= 0.6 is 23.1 Å². The number of rotatable bonds is 11. The number of ether oxygens (including phenoxy) is 2. The van der Waals surface area contributed by atoms with E-state index < -0.39 is 0 Å². The van der Waals surface area contributed by atoms with Crippen LogP contribution in [0.3, 0.4) is 0 Å². The summed E-state index contributed by atoms with van der Waals surface area (Å²) in [6, 6.07) is 18.8. The molecule has 5 rings (SSSR count). The van der Waals surface area contributed by atoms with Crippen LogP contribution in [0.1, 0.15) is 34.3 Å². The van der Waals surface area contributed by atoms with Gasteiger partial charge in [0.05, 0.1) is 49.6 Å². The number of hydrogen-bond donors (Lipinski definition) is 1. The van der Waals surface area contributed by atoms with Gasteiger partial charge in [0.1, 0.15) is 0 Å². The van der Waals surface area contributed by atoms with Crippen LogP contribution < -0.4 is 14.8 Å². The zero-order chi connectivity index (χ0) is 28.8. The van der Waals surface area contributed by atoms with Gasteiger partial charge in [-0.05, 0) is 23.1 Å². The number of carbonyl (C=O) groups is 2. The minimum absolute atomic E-state index is 0.101. The minimum atomic E-state index is -0.347. The molecule has 0 radical (unpaired) electrons. The third-order valence-electron chi connectivity index (χ3n) is 6.66. The van der Waals surface area contributed by atoms with Crippen LogP contribution in [0.2, 0.25) is 0 Å². The molecule has 1 aliphatic rings. The molecule has 1 aliphatic heterocycles. The molecule has 0 saturated heterocycles. The normalized spacial score (nSPS) is 14.6. The van der Waals surface area contributed by atoms with E-state index in [1.54, 1.807) is 35.1 Å². The van der Waals surface area contributed by atoms with Crippen LogP contribution in [-0.2, 0) is 29.6 Å². The lowest BCUT2D eigenvalue weighted by Crippen LogP contribution is -2.29. The largest absolute Gasteiger partial charge is 0.493 e. The molecule has 3 heterocycles. The molecule has 12 heteroatoms. The van der Waals surface area contributed by atoms with Crippen molar-refractivity contribution in [3.63, 3.8) is 0 Å². The standard InChI is InChI=1S/C29H30N6O4S2/c1-34-25(17-30-26(36)15-19-9-5-4-6-10-19)31-32-29(34)41-18-27(37)35-22(16-21(33-35)24-13-8-14-40-24)20-11-7-12-23(38-2)28(20)39-3/h4-14,22H,15-18H2,1-3H3,(H,30,36)/t22-/m0/s1. The van der Waals surface area contributed by atoms with Gasteiger partial charge in [-0.3, -0.25) is 9.59 Å². The van der Waals surface area contributed by atoms with Crippen molar-refractivity contribution in [1.82, 2.24) is 25.1 Å². The van der Waals surface area contributed by atoms with Crippen LogP contribution in [0.4, 0.5) is 0 Å². The quantitative estimate of drug-likeness (QED) is 0.261. The zero-order valence-electron chi connectivity index (χ0n) is 22.9. The second-order valence-corrected chi connectivity index (χ2v) is 11.1. The summed E-state index contributed by atoms with van der Waals surface area (Å²) in [5, 5.41) is 20.2. The molecule has 0 spiro atoms. The summed E-state index contributed by atoms with van der Waals surface area (Å²) < 4.78 is 13.0. The number of aromatic nitrogens is 3. The SMILES string of the molecule is COc1cccc([C@@H]2CC(c3cccs3)=NN2C(=O)CSc2nnc(CNC(=O)Cc3ccccc3)n2C)c1OC. The molecule has 2 aromatic carbocycles. The molecule has 0 aliphatic carbocycles. The number of carbonyl (C=O) groups excluding carboxylic acids is 2. The van der Waals surface area contributed by atoms with Crippen LogP contribution in [0.5, 0.6) is 11.5 Å². The van der Waals surface area contributed by atoms with Gasteiger partial charge in [0.25, 0.3) is 5.91 Å². The van der Waals surface area contributed by atoms with E-state index in [1.165, 1.54) is 11.8 Å². The number of hydrazone groups is 1. The first-order valence-electron chi connectivity index (χ1n) is 12.9. The Labute approximate surface area is 246 Å².